The van der Waals surface area contributed by atoms with Crippen molar-refractivity contribution in [3.63, 3.8) is 0 Å². The second-order valence-electron chi connectivity index (χ2n) is 4.31. The summed E-state index contributed by atoms with van der Waals surface area (Å²) < 4.78 is 0.875. The molecule has 0 bridgehead atoms. The Kier molecular flexibility index (Phi) is 3.84. The van der Waals surface area contributed by atoms with Crippen LogP contribution in [0.25, 0.3) is 0 Å². The molecule has 4 heteroatoms. The van der Waals surface area contributed by atoms with E-state index in [1.165, 1.54) is 12.8 Å². The molecular weight excluding hydrogens is 268 g/mol. The van der Waals surface area contributed by atoms with E-state index in [1.54, 1.807) is 0 Å². The number of aliphatic hydroxyl groups is 1. The number of rotatable bonds is 5. The minimum Gasteiger partial charge on any atom is -0.398 e. The third-order valence-electron chi connectivity index (χ3n) is 2.83. The van der Waals surface area contributed by atoms with E-state index in [9.17, 15) is 5.11 Å². The zero-order chi connectivity index (χ0) is 11.5. The molecule has 0 spiro atoms. The van der Waals surface area contributed by atoms with Crippen LogP contribution in [-0.2, 0) is 0 Å². The molecule has 1 aromatic carbocycles. The van der Waals surface area contributed by atoms with Crippen molar-refractivity contribution >= 4 is 21.6 Å². The Balaban J connectivity index is 1.86. The maximum absolute atomic E-state index is 9.96. The van der Waals surface area contributed by atoms with E-state index in [-0.39, 0.29) is 0 Å². The number of nitrogens with two attached hydrogens (primary N) is 1. The minimum atomic E-state index is -0.429. The normalized spacial score (nSPS) is 17.4. The van der Waals surface area contributed by atoms with Gasteiger partial charge in [-0.15, -0.1) is 0 Å². The summed E-state index contributed by atoms with van der Waals surface area (Å²) in [6.07, 6.45) is 2.86. The second kappa shape index (κ2) is 5.17. The van der Waals surface area contributed by atoms with Crippen molar-refractivity contribution in [1.29, 1.82) is 0 Å². The summed E-state index contributed by atoms with van der Waals surface area (Å²) in [5, 5.41) is 13.3. The Bertz CT molecular complexity index is 366. The predicted molar refractivity (Wildman–Crippen MR) is 69.2 cm³/mol. The first-order valence-electron chi connectivity index (χ1n) is 5.63. The van der Waals surface area contributed by atoms with E-state index in [2.05, 4.69) is 21.2 Å². The molecule has 1 unspecified atom stereocenters. The highest BCUT2D eigenvalue weighted by molar-refractivity contribution is 9.10. The van der Waals surface area contributed by atoms with Crippen molar-refractivity contribution in [3.8, 4) is 0 Å². The van der Waals surface area contributed by atoms with Crippen molar-refractivity contribution in [2.75, 3.05) is 12.3 Å². The fourth-order valence-corrected chi connectivity index (χ4v) is 1.89. The molecule has 1 saturated carbocycles. The molecule has 0 amide bonds. The molecule has 0 aromatic heterocycles. The second-order valence-corrected chi connectivity index (χ2v) is 5.17. The predicted octanol–water partition coefficient (Wildman–Crippen LogP) is 2.21. The van der Waals surface area contributed by atoms with Gasteiger partial charge in [0.15, 0.2) is 0 Å². The first-order valence-corrected chi connectivity index (χ1v) is 6.42. The largest absolute Gasteiger partial charge is 0.398 e. The fraction of sp³-hybridized carbons (Fsp3) is 0.500. The molecule has 88 valence electrons. The van der Waals surface area contributed by atoms with Gasteiger partial charge >= 0.3 is 0 Å². The van der Waals surface area contributed by atoms with Crippen LogP contribution in [0.5, 0.6) is 0 Å². The van der Waals surface area contributed by atoms with E-state index in [4.69, 9.17) is 5.73 Å². The first-order chi connectivity index (χ1) is 7.66. The molecule has 1 atom stereocenters. The number of nitrogens with one attached hydrogen (secondary N) is 1. The zero-order valence-electron chi connectivity index (χ0n) is 9.12. The van der Waals surface area contributed by atoms with E-state index in [1.807, 2.05) is 18.2 Å². The Labute approximate surface area is 104 Å². The quantitative estimate of drug-likeness (QED) is 0.727. The molecule has 1 aliphatic carbocycles. The van der Waals surface area contributed by atoms with Crippen LogP contribution in [0.4, 0.5) is 5.69 Å². The van der Waals surface area contributed by atoms with Gasteiger partial charge in [-0.05, 0) is 59.4 Å². The van der Waals surface area contributed by atoms with Crippen LogP contribution < -0.4 is 11.1 Å². The van der Waals surface area contributed by atoms with Gasteiger partial charge in [-0.1, -0.05) is 6.07 Å². The van der Waals surface area contributed by atoms with Crippen LogP contribution in [0.2, 0.25) is 0 Å². The molecule has 16 heavy (non-hydrogen) atoms. The number of hydrogen-bond donors (Lipinski definition) is 3. The lowest BCUT2D eigenvalue weighted by atomic mass is 10.1. The first kappa shape index (κ1) is 11.9. The molecule has 0 saturated heterocycles. The van der Waals surface area contributed by atoms with Crippen LogP contribution >= 0.6 is 15.9 Å². The fourth-order valence-electron chi connectivity index (χ4n) is 1.65. The maximum atomic E-state index is 9.96. The summed E-state index contributed by atoms with van der Waals surface area (Å²) in [5.41, 5.74) is 7.33. The molecule has 1 aliphatic rings. The van der Waals surface area contributed by atoms with Gasteiger partial charge in [-0.25, -0.2) is 0 Å². The summed E-state index contributed by atoms with van der Waals surface area (Å²) in [6, 6.07) is 6.30. The maximum Gasteiger partial charge on any atom is 0.0802 e. The third-order valence-corrected chi connectivity index (χ3v) is 3.56. The van der Waals surface area contributed by atoms with Gasteiger partial charge in [-0.3, -0.25) is 0 Å². The van der Waals surface area contributed by atoms with Gasteiger partial charge in [0, 0.05) is 16.2 Å². The van der Waals surface area contributed by atoms with Gasteiger partial charge in [-0.2, -0.15) is 0 Å². The minimum absolute atomic E-state index is 0.429. The Hall–Kier alpha value is -0.580. The Morgan fingerprint density at radius 1 is 1.50 bits per heavy atom. The molecule has 1 aromatic rings. The standard InChI is InChI=1S/C12H17BrN2O/c13-10-4-1-8(7-11(10)14)12(16)5-6-15-9-2-3-9/h1,4,7,9,12,15-16H,2-3,5-6,14H2. The molecule has 4 N–H and O–H groups in total. The molecule has 3 nitrogen and oxygen atoms in total. The lowest BCUT2D eigenvalue weighted by molar-refractivity contribution is 0.167. The molecule has 0 heterocycles. The summed E-state index contributed by atoms with van der Waals surface area (Å²) in [6.45, 7) is 0.863. The lowest BCUT2D eigenvalue weighted by Crippen LogP contribution is -2.19. The van der Waals surface area contributed by atoms with Gasteiger partial charge in [0.05, 0.1) is 6.10 Å². The Morgan fingerprint density at radius 3 is 2.88 bits per heavy atom. The van der Waals surface area contributed by atoms with E-state index in [0.717, 1.165) is 23.0 Å². The zero-order valence-corrected chi connectivity index (χ0v) is 10.7. The van der Waals surface area contributed by atoms with Crippen LogP contribution in [0.1, 0.15) is 30.9 Å². The van der Waals surface area contributed by atoms with E-state index < -0.39 is 6.10 Å². The number of anilines is 1. The van der Waals surface area contributed by atoms with Gasteiger partial charge < -0.3 is 16.2 Å². The molecule has 0 aliphatic heterocycles. The van der Waals surface area contributed by atoms with Crippen LogP contribution in [0.3, 0.4) is 0 Å². The highest BCUT2D eigenvalue weighted by atomic mass is 79.9. The van der Waals surface area contributed by atoms with Crippen molar-refractivity contribution in [1.82, 2.24) is 5.32 Å². The van der Waals surface area contributed by atoms with Gasteiger partial charge in [0.25, 0.3) is 0 Å². The van der Waals surface area contributed by atoms with Crippen molar-refractivity contribution in [3.05, 3.63) is 28.2 Å². The topological polar surface area (TPSA) is 58.3 Å². The van der Waals surface area contributed by atoms with E-state index in [0.29, 0.717) is 11.7 Å². The number of nitrogen functional groups attached to an aromatic ring is 1. The number of halogens is 1. The smallest absolute Gasteiger partial charge is 0.0802 e. The summed E-state index contributed by atoms with van der Waals surface area (Å²) >= 11 is 3.34. The summed E-state index contributed by atoms with van der Waals surface area (Å²) in [4.78, 5) is 0. The van der Waals surface area contributed by atoms with Crippen LogP contribution in [-0.4, -0.2) is 17.7 Å². The highest BCUT2D eigenvalue weighted by Gasteiger charge is 2.20. The summed E-state index contributed by atoms with van der Waals surface area (Å²) in [5.74, 6) is 0. The highest BCUT2D eigenvalue weighted by Crippen LogP contribution is 2.25. The van der Waals surface area contributed by atoms with Crippen LogP contribution in [0.15, 0.2) is 22.7 Å². The SMILES string of the molecule is Nc1cc(C(O)CCNC2CC2)ccc1Br. The van der Waals surface area contributed by atoms with Crippen LogP contribution in [0, 0.1) is 0 Å². The number of benzene rings is 1. The molecule has 0 radical (unpaired) electrons. The Morgan fingerprint density at radius 2 is 2.25 bits per heavy atom. The summed E-state index contributed by atoms with van der Waals surface area (Å²) in [7, 11) is 0. The van der Waals surface area contributed by atoms with Gasteiger partial charge in [0.1, 0.15) is 0 Å². The molecule has 2 rings (SSSR count). The lowest BCUT2D eigenvalue weighted by Gasteiger charge is -2.12. The van der Waals surface area contributed by atoms with E-state index >= 15 is 0 Å². The monoisotopic (exact) mass is 284 g/mol. The average molecular weight is 285 g/mol. The van der Waals surface area contributed by atoms with Crippen molar-refractivity contribution in [2.24, 2.45) is 0 Å². The van der Waals surface area contributed by atoms with Crippen molar-refractivity contribution < 1.29 is 5.11 Å². The van der Waals surface area contributed by atoms with Gasteiger partial charge in [0.2, 0.25) is 0 Å². The van der Waals surface area contributed by atoms with Crippen molar-refractivity contribution in [2.45, 2.75) is 31.4 Å². The number of hydrogen-bond acceptors (Lipinski definition) is 3. The molecule has 1 fully saturated rings. The molecular formula is C12H17BrN2O. The average Bonchev–Trinajstić information content (AvgIpc) is 3.06. The number of aliphatic hydroxyl groups excluding tert-OH is 1. The third kappa shape index (κ3) is 3.20.